The summed E-state index contributed by atoms with van der Waals surface area (Å²) in [6, 6.07) is 5.35. The number of hydrogen-bond acceptors (Lipinski definition) is 5. The highest BCUT2D eigenvalue weighted by molar-refractivity contribution is 7.15. The van der Waals surface area contributed by atoms with Crippen LogP contribution in [0, 0.1) is 13.8 Å². The van der Waals surface area contributed by atoms with E-state index in [1.54, 1.807) is 12.1 Å². The van der Waals surface area contributed by atoms with Crippen LogP contribution in [0.15, 0.2) is 18.2 Å². The second-order valence-electron chi connectivity index (χ2n) is 5.84. The van der Waals surface area contributed by atoms with Gasteiger partial charge in [-0.1, -0.05) is 13.3 Å². The molecule has 25 heavy (non-hydrogen) atoms. The molecule has 0 aliphatic heterocycles. The molecule has 0 saturated heterocycles. The van der Waals surface area contributed by atoms with E-state index >= 15 is 0 Å². The molecule has 0 fully saturated rings. The third-order valence-corrected chi connectivity index (χ3v) is 4.67. The maximum Gasteiger partial charge on any atom is 0.259 e. The molecule has 2 aromatic rings. The van der Waals surface area contributed by atoms with Crippen molar-refractivity contribution in [3.63, 3.8) is 0 Å². The van der Waals surface area contributed by atoms with Crippen LogP contribution in [0.3, 0.4) is 0 Å². The maximum absolute atomic E-state index is 12.7. The first kappa shape index (κ1) is 18.9. The summed E-state index contributed by atoms with van der Waals surface area (Å²) >= 11 is 1.43. The number of aryl methyl sites for hydroxylation is 2. The zero-order valence-electron chi connectivity index (χ0n) is 15.0. The van der Waals surface area contributed by atoms with Gasteiger partial charge in [-0.15, -0.1) is 11.3 Å². The highest BCUT2D eigenvalue weighted by Crippen LogP contribution is 2.25. The molecular formula is C18H24N4O2S. The molecule has 0 unspecified atom stereocenters. The Kier molecular flexibility index (Phi) is 6.52. The number of nitrogens with zero attached hydrogens (tertiary/aromatic N) is 1. The fourth-order valence-electron chi connectivity index (χ4n) is 2.24. The lowest BCUT2D eigenvalue weighted by Gasteiger charge is -2.13. The highest BCUT2D eigenvalue weighted by atomic mass is 32.1. The van der Waals surface area contributed by atoms with Gasteiger partial charge in [-0.05, 0) is 38.5 Å². The van der Waals surface area contributed by atoms with E-state index < -0.39 is 0 Å². The summed E-state index contributed by atoms with van der Waals surface area (Å²) in [5, 5.41) is 9.37. The van der Waals surface area contributed by atoms with Gasteiger partial charge in [-0.2, -0.15) is 0 Å². The molecule has 7 heteroatoms. The van der Waals surface area contributed by atoms with Crippen molar-refractivity contribution in [3.05, 3.63) is 34.3 Å². The van der Waals surface area contributed by atoms with Crippen LogP contribution in [-0.4, -0.2) is 23.3 Å². The Morgan fingerprint density at radius 1 is 1.20 bits per heavy atom. The molecule has 2 amide bonds. The normalized spacial score (nSPS) is 10.4. The van der Waals surface area contributed by atoms with E-state index in [1.165, 1.54) is 18.3 Å². The molecule has 0 radical (unpaired) electrons. The number of carbonyl (C=O) groups is 2. The van der Waals surface area contributed by atoms with Crippen molar-refractivity contribution in [2.24, 2.45) is 0 Å². The monoisotopic (exact) mass is 360 g/mol. The second-order valence-corrected chi connectivity index (χ2v) is 7.04. The summed E-state index contributed by atoms with van der Waals surface area (Å²) in [4.78, 5) is 29.5. The van der Waals surface area contributed by atoms with Crippen molar-refractivity contribution in [2.45, 2.75) is 40.5 Å². The van der Waals surface area contributed by atoms with Gasteiger partial charge in [0.2, 0.25) is 5.91 Å². The number of aromatic nitrogens is 1. The minimum absolute atomic E-state index is 0.221. The lowest BCUT2D eigenvalue weighted by atomic mass is 10.1. The van der Waals surface area contributed by atoms with E-state index in [1.807, 2.05) is 19.9 Å². The molecule has 0 saturated carbocycles. The zero-order chi connectivity index (χ0) is 18.4. The fourth-order valence-corrected chi connectivity index (χ4v) is 3.05. The summed E-state index contributed by atoms with van der Waals surface area (Å²) < 4.78 is 0. The second kappa shape index (κ2) is 8.62. The number of amides is 2. The van der Waals surface area contributed by atoms with E-state index in [0.29, 0.717) is 16.4 Å². The van der Waals surface area contributed by atoms with Crippen LogP contribution in [0.2, 0.25) is 0 Å². The van der Waals surface area contributed by atoms with Crippen LogP contribution < -0.4 is 16.0 Å². The van der Waals surface area contributed by atoms with E-state index in [9.17, 15) is 9.59 Å². The van der Waals surface area contributed by atoms with E-state index in [2.05, 4.69) is 27.9 Å². The van der Waals surface area contributed by atoms with Crippen LogP contribution in [0.25, 0.3) is 0 Å². The Labute approximate surface area is 152 Å². The minimum Gasteiger partial charge on any atom is -0.385 e. The summed E-state index contributed by atoms with van der Waals surface area (Å²) in [7, 11) is 0. The molecule has 1 aromatic heterocycles. The molecular weight excluding hydrogens is 336 g/mol. The third kappa shape index (κ3) is 5.29. The van der Waals surface area contributed by atoms with E-state index in [0.717, 1.165) is 35.6 Å². The maximum atomic E-state index is 12.7. The molecule has 0 aliphatic rings. The molecule has 0 atom stereocenters. The quantitative estimate of drug-likeness (QED) is 0.647. The highest BCUT2D eigenvalue weighted by Gasteiger charge is 2.16. The first-order valence-corrected chi connectivity index (χ1v) is 9.13. The van der Waals surface area contributed by atoms with Crippen LogP contribution in [0.5, 0.6) is 0 Å². The van der Waals surface area contributed by atoms with Gasteiger partial charge in [0.1, 0.15) is 0 Å². The third-order valence-electron chi connectivity index (χ3n) is 3.68. The average Bonchev–Trinajstić information content (AvgIpc) is 2.86. The van der Waals surface area contributed by atoms with Crippen LogP contribution in [0.1, 0.15) is 47.6 Å². The molecule has 3 N–H and O–H groups in total. The Hall–Kier alpha value is -2.41. The summed E-state index contributed by atoms with van der Waals surface area (Å²) in [5.74, 6) is -0.515. The molecule has 0 spiro atoms. The summed E-state index contributed by atoms with van der Waals surface area (Å²) in [6.45, 7) is 8.25. The molecule has 6 nitrogen and oxygen atoms in total. The number of thiazole rings is 1. The number of unbranched alkanes of at least 4 members (excludes halogenated alkanes) is 1. The predicted octanol–water partition coefficient (Wildman–Crippen LogP) is 4.18. The Morgan fingerprint density at radius 2 is 1.96 bits per heavy atom. The lowest BCUT2D eigenvalue weighted by Crippen LogP contribution is -2.17. The van der Waals surface area contributed by atoms with E-state index in [-0.39, 0.29) is 11.8 Å². The molecule has 0 aliphatic carbocycles. The van der Waals surface area contributed by atoms with Crippen LogP contribution in [0.4, 0.5) is 16.5 Å². The fraction of sp³-hybridized carbons (Fsp3) is 0.389. The van der Waals surface area contributed by atoms with Crippen LogP contribution in [-0.2, 0) is 4.79 Å². The van der Waals surface area contributed by atoms with Gasteiger partial charge < -0.3 is 10.6 Å². The zero-order valence-corrected chi connectivity index (χ0v) is 15.8. The first-order valence-electron chi connectivity index (χ1n) is 8.31. The first-order chi connectivity index (χ1) is 11.9. The van der Waals surface area contributed by atoms with Gasteiger partial charge in [0.15, 0.2) is 5.13 Å². The SMILES string of the molecule is CCCCNc1ccc(NC(C)=O)c(C(=O)Nc2nc(C)c(C)s2)c1. The van der Waals surface area contributed by atoms with Gasteiger partial charge in [-0.25, -0.2) is 4.98 Å². The number of carbonyl (C=O) groups excluding carboxylic acids is 2. The Morgan fingerprint density at radius 3 is 2.56 bits per heavy atom. The summed E-state index contributed by atoms with van der Waals surface area (Å²) in [6.07, 6.45) is 2.14. The molecule has 1 aromatic carbocycles. The molecule has 1 heterocycles. The predicted molar refractivity (Wildman–Crippen MR) is 104 cm³/mol. The van der Waals surface area contributed by atoms with Crippen molar-refractivity contribution in [1.82, 2.24) is 4.98 Å². The van der Waals surface area contributed by atoms with E-state index in [4.69, 9.17) is 0 Å². The van der Waals surface area contributed by atoms with Gasteiger partial charge in [0, 0.05) is 24.0 Å². The standard InChI is InChI=1S/C18H24N4O2S/c1-5-6-9-19-14-7-8-16(21-13(4)23)15(10-14)17(24)22-18-20-11(2)12(3)25-18/h7-8,10,19H,5-6,9H2,1-4H3,(H,21,23)(H,20,22,24). The number of hydrogen-bond donors (Lipinski definition) is 3. The van der Waals surface area contributed by atoms with Crippen molar-refractivity contribution in [1.29, 1.82) is 0 Å². The summed E-state index contributed by atoms with van der Waals surface area (Å²) in [5.41, 5.74) is 2.63. The number of nitrogens with one attached hydrogen (secondary N) is 3. The van der Waals surface area contributed by atoms with Crippen molar-refractivity contribution < 1.29 is 9.59 Å². The molecule has 0 bridgehead atoms. The Bertz CT molecular complexity index is 751. The number of rotatable bonds is 7. The van der Waals surface area contributed by atoms with Gasteiger partial charge >= 0.3 is 0 Å². The Balaban J connectivity index is 2.25. The van der Waals surface area contributed by atoms with Crippen molar-refractivity contribution in [3.8, 4) is 0 Å². The molecule has 134 valence electrons. The van der Waals surface area contributed by atoms with Crippen LogP contribution >= 0.6 is 11.3 Å². The average molecular weight is 360 g/mol. The smallest absolute Gasteiger partial charge is 0.259 e. The van der Waals surface area contributed by atoms with Crippen molar-refractivity contribution >= 4 is 39.7 Å². The molecule has 2 rings (SSSR count). The van der Waals surface area contributed by atoms with Crippen molar-refractivity contribution in [2.75, 3.05) is 22.5 Å². The van der Waals surface area contributed by atoms with Gasteiger partial charge in [0.05, 0.1) is 16.9 Å². The number of benzene rings is 1. The minimum atomic E-state index is -0.295. The lowest BCUT2D eigenvalue weighted by molar-refractivity contribution is -0.114. The topological polar surface area (TPSA) is 83.1 Å². The number of anilines is 3. The largest absolute Gasteiger partial charge is 0.385 e. The van der Waals surface area contributed by atoms with Gasteiger partial charge in [0.25, 0.3) is 5.91 Å². The van der Waals surface area contributed by atoms with Gasteiger partial charge in [-0.3, -0.25) is 14.9 Å².